The molecule has 1 aliphatic rings. The van der Waals surface area contributed by atoms with E-state index in [9.17, 15) is 4.39 Å². The van der Waals surface area contributed by atoms with Gasteiger partial charge in [0.05, 0.1) is 0 Å². The summed E-state index contributed by atoms with van der Waals surface area (Å²) in [6.07, 6.45) is 2.18. The lowest BCUT2D eigenvalue weighted by Gasteiger charge is -2.38. The Morgan fingerprint density at radius 3 is 2.68 bits per heavy atom. The highest BCUT2D eigenvalue weighted by molar-refractivity contribution is 5.44. The second kappa shape index (κ2) is 6.93. The van der Waals surface area contributed by atoms with Crippen LogP contribution in [0.3, 0.4) is 0 Å². The summed E-state index contributed by atoms with van der Waals surface area (Å²) in [5.74, 6) is -0.181. The molecule has 2 unspecified atom stereocenters. The van der Waals surface area contributed by atoms with E-state index in [-0.39, 0.29) is 5.82 Å². The zero-order valence-electron chi connectivity index (χ0n) is 13.0. The Bertz CT molecular complexity index is 599. The quantitative estimate of drug-likeness (QED) is 0.906. The van der Waals surface area contributed by atoms with Crippen LogP contribution in [0.5, 0.6) is 0 Å². The van der Waals surface area contributed by atoms with Crippen molar-refractivity contribution in [1.82, 2.24) is 4.90 Å². The van der Waals surface area contributed by atoms with Crippen LogP contribution in [-0.4, -0.2) is 23.5 Å². The number of halogens is 1. The standard InChI is InChI=1S/C19H23FN2/c1-15-12-19(21-18-9-5-8-17(20)13-18)10-11-22(15)14-16-6-3-2-4-7-16/h2-9,13,15,19,21H,10-12,14H2,1H3. The molecule has 1 N–H and O–H groups in total. The minimum atomic E-state index is -0.181. The van der Waals surface area contributed by atoms with Crippen LogP contribution in [0.15, 0.2) is 54.6 Å². The summed E-state index contributed by atoms with van der Waals surface area (Å²) in [7, 11) is 0. The third-order valence-corrected chi connectivity index (χ3v) is 4.44. The number of piperidine rings is 1. The summed E-state index contributed by atoms with van der Waals surface area (Å²) < 4.78 is 13.3. The molecule has 1 aliphatic heterocycles. The Kier molecular flexibility index (Phi) is 4.74. The van der Waals surface area contributed by atoms with Gasteiger partial charge in [-0.2, -0.15) is 0 Å². The van der Waals surface area contributed by atoms with Crippen molar-refractivity contribution in [3.63, 3.8) is 0 Å². The van der Waals surface area contributed by atoms with E-state index in [2.05, 4.69) is 47.5 Å². The van der Waals surface area contributed by atoms with E-state index in [1.807, 2.05) is 6.07 Å². The highest BCUT2D eigenvalue weighted by atomic mass is 19.1. The maximum absolute atomic E-state index is 13.3. The van der Waals surface area contributed by atoms with Gasteiger partial charge in [0, 0.05) is 30.9 Å². The fourth-order valence-electron chi connectivity index (χ4n) is 3.22. The highest BCUT2D eigenvalue weighted by Crippen LogP contribution is 2.23. The number of benzene rings is 2. The molecule has 0 amide bonds. The van der Waals surface area contributed by atoms with Crippen molar-refractivity contribution in [3.05, 3.63) is 66.0 Å². The zero-order valence-corrected chi connectivity index (χ0v) is 13.0. The third kappa shape index (κ3) is 3.86. The number of rotatable bonds is 4. The van der Waals surface area contributed by atoms with Gasteiger partial charge in [-0.25, -0.2) is 4.39 Å². The smallest absolute Gasteiger partial charge is 0.125 e. The van der Waals surface area contributed by atoms with Gasteiger partial charge in [0.1, 0.15) is 5.82 Å². The number of hydrogen-bond donors (Lipinski definition) is 1. The molecule has 3 rings (SSSR count). The molecule has 2 nitrogen and oxygen atoms in total. The third-order valence-electron chi connectivity index (χ3n) is 4.44. The first-order valence-electron chi connectivity index (χ1n) is 8.01. The first kappa shape index (κ1) is 15.0. The average Bonchev–Trinajstić information content (AvgIpc) is 2.51. The number of nitrogens with one attached hydrogen (secondary N) is 1. The number of nitrogens with zero attached hydrogens (tertiary/aromatic N) is 1. The van der Waals surface area contributed by atoms with Crippen molar-refractivity contribution in [3.8, 4) is 0 Å². The molecule has 0 saturated carbocycles. The second-order valence-electron chi connectivity index (χ2n) is 6.18. The van der Waals surface area contributed by atoms with E-state index in [1.54, 1.807) is 12.1 Å². The lowest BCUT2D eigenvalue weighted by molar-refractivity contribution is 0.144. The van der Waals surface area contributed by atoms with Gasteiger partial charge in [0.15, 0.2) is 0 Å². The Labute approximate surface area is 132 Å². The Morgan fingerprint density at radius 1 is 1.14 bits per heavy atom. The van der Waals surface area contributed by atoms with Crippen LogP contribution in [0.2, 0.25) is 0 Å². The van der Waals surface area contributed by atoms with Gasteiger partial charge in [-0.15, -0.1) is 0 Å². The van der Waals surface area contributed by atoms with Crippen LogP contribution in [0, 0.1) is 5.82 Å². The van der Waals surface area contributed by atoms with E-state index in [4.69, 9.17) is 0 Å². The molecule has 1 saturated heterocycles. The van der Waals surface area contributed by atoms with E-state index in [0.717, 1.165) is 31.6 Å². The molecule has 22 heavy (non-hydrogen) atoms. The van der Waals surface area contributed by atoms with E-state index < -0.39 is 0 Å². The largest absolute Gasteiger partial charge is 0.382 e. The van der Waals surface area contributed by atoms with E-state index in [1.165, 1.54) is 11.6 Å². The van der Waals surface area contributed by atoms with Gasteiger partial charge in [0.2, 0.25) is 0 Å². The molecular weight excluding hydrogens is 275 g/mol. The molecule has 116 valence electrons. The minimum Gasteiger partial charge on any atom is -0.382 e. The lowest BCUT2D eigenvalue weighted by atomic mass is 9.97. The van der Waals surface area contributed by atoms with Crippen molar-refractivity contribution in [2.24, 2.45) is 0 Å². The van der Waals surface area contributed by atoms with Gasteiger partial charge in [-0.1, -0.05) is 36.4 Å². The van der Waals surface area contributed by atoms with Gasteiger partial charge >= 0.3 is 0 Å². The van der Waals surface area contributed by atoms with E-state index >= 15 is 0 Å². The SMILES string of the molecule is CC1CC(Nc2cccc(F)c2)CCN1Cc1ccccc1. The molecule has 0 radical (unpaired) electrons. The van der Waals surface area contributed by atoms with Crippen molar-refractivity contribution in [2.45, 2.75) is 38.4 Å². The molecule has 2 atom stereocenters. The molecule has 0 bridgehead atoms. The van der Waals surface area contributed by atoms with Crippen LogP contribution in [0.4, 0.5) is 10.1 Å². The first-order chi connectivity index (χ1) is 10.7. The summed E-state index contributed by atoms with van der Waals surface area (Å²) >= 11 is 0. The van der Waals surface area contributed by atoms with Gasteiger partial charge in [0.25, 0.3) is 0 Å². The molecule has 2 aromatic carbocycles. The van der Waals surface area contributed by atoms with Crippen LogP contribution in [-0.2, 0) is 6.54 Å². The van der Waals surface area contributed by atoms with Crippen molar-refractivity contribution in [1.29, 1.82) is 0 Å². The minimum absolute atomic E-state index is 0.181. The van der Waals surface area contributed by atoms with Crippen LogP contribution in [0.1, 0.15) is 25.3 Å². The monoisotopic (exact) mass is 298 g/mol. The summed E-state index contributed by atoms with van der Waals surface area (Å²) in [6, 6.07) is 18.3. The van der Waals surface area contributed by atoms with Crippen molar-refractivity contribution in [2.75, 3.05) is 11.9 Å². The normalized spacial score (nSPS) is 22.5. The van der Waals surface area contributed by atoms with Crippen molar-refractivity contribution < 1.29 is 4.39 Å². The average molecular weight is 298 g/mol. The number of hydrogen-bond acceptors (Lipinski definition) is 2. The Hall–Kier alpha value is -1.87. The molecule has 0 aliphatic carbocycles. The summed E-state index contributed by atoms with van der Waals surface area (Å²) in [4.78, 5) is 2.53. The molecule has 0 aromatic heterocycles. The molecule has 2 aromatic rings. The predicted octanol–water partition coefficient (Wildman–Crippen LogP) is 4.29. The van der Waals surface area contributed by atoms with Crippen molar-refractivity contribution >= 4 is 5.69 Å². The van der Waals surface area contributed by atoms with Crippen LogP contribution in [0.25, 0.3) is 0 Å². The lowest BCUT2D eigenvalue weighted by Crippen LogP contribution is -2.44. The predicted molar refractivity (Wildman–Crippen MR) is 89.4 cm³/mol. The Morgan fingerprint density at radius 2 is 1.95 bits per heavy atom. The summed E-state index contributed by atoms with van der Waals surface area (Å²) in [6.45, 7) is 4.36. The number of likely N-dealkylation sites (tertiary alicyclic amines) is 1. The second-order valence-corrected chi connectivity index (χ2v) is 6.18. The summed E-state index contributed by atoms with van der Waals surface area (Å²) in [5, 5.41) is 3.47. The summed E-state index contributed by atoms with van der Waals surface area (Å²) in [5.41, 5.74) is 2.25. The van der Waals surface area contributed by atoms with Gasteiger partial charge in [-0.05, 0) is 43.5 Å². The Balaban J connectivity index is 1.56. The van der Waals surface area contributed by atoms with E-state index in [0.29, 0.717) is 12.1 Å². The van der Waals surface area contributed by atoms with Gasteiger partial charge in [-0.3, -0.25) is 4.90 Å². The maximum Gasteiger partial charge on any atom is 0.125 e. The molecule has 3 heteroatoms. The number of anilines is 1. The zero-order chi connectivity index (χ0) is 15.4. The fourth-order valence-corrected chi connectivity index (χ4v) is 3.22. The maximum atomic E-state index is 13.3. The molecule has 1 fully saturated rings. The molecule has 0 spiro atoms. The fraction of sp³-hybridized carbons (Fsp3) is 0.368. The topological polar surface area (TPSA) is 15.3 Å². The molecule has 1 heterocycles. The van der Waals surface area contributed by atoms with Gasteiger partial charge < -0.3 is 5.32 Å². The molecular formula is C19H23FN2. The van der Waals surface area contributed by atoms with Crippen LogP contribution >= 0.6 is 0 Å². The first-order valence-corrected chi connectivity index (χ1v) is 8.01. The highest BCUT2D eigenvalue weighted by Gasteiger charge is 2.25. The van der Waals surface area contributed by atoms with Crippen LogP contribution < -0.4 is 5.32 Å².